The second-order valence-corrected chi connectivity index (χ2v) is 6.30. The number of carboxylic acids is 1. The topological polar surface area (TPSA) is 81.5 Å². The third kappa shape index (κ3) is 3.83. The third-order valence-electron chi connectivity index (χ3n) is 3.52. The zero-order chi connectivity index (χ0) is 18.5. The lowest BCUT2D eigenvalue weighted by Crippen LogP contribution is -1.99. The van der Waals surface area contributed by atoms with Crippen molar-refractivity contribution in [3.05, 3.63) is 48.3 Å². The van der Waals surface area contributed by atoms with Gasteiger partial charge < -0.3 is 14.6 Å². The Morgan fingerprint density at radius 1 is 1.12 bits per heavy atom. The summed E-state index contributed by atoms with van der Waals surface area (Å²) in [5.41, 5.74) is 1.50. The molecule has 2 aromatic heterocycles. The highest BCUT2D eigenvalue weighted by Gasteiger charge is 2.13. The second-order valence-electron chi connectivity index (χ2n) is 5.27. The molecular weight excluding hydrogens is 352 g/mol. The van der Waals surface area contributed by atoms with Crippen LogP contribution < -0.4 is 9.47 Å². The number of ether oxygens (including phenoxy) is 2. The molecule has 3 rings (SSSR count). The van der Waals surface area contributed by atoms with E-state index in [0.717, 1.165) is 15.4 Å². The predicted molar refractivity (Wildman–Crippen MR) is 100 cm³/mol. The highest BCUT2D eigenvalue weighted by atomic mass is 32.1. The van der Waals surface area contributed by atoms with Crippen molar-refractivity contribution in [2.24, 2.45) is 0 Å². The first-order valence-corrected chi connectivity index (χ1v) is 9.00. The molecule has 1 aromatic carbocycles. The number of carbonyl (C=O) groups is 1. The molecule has 0 unspecified atom stereocenters. The zero-order valence-corrected chi connectivity index (χ0v) is 15.2. The van der Waals surface area contributed by atoms with Gasteiger partial charge in [-0.3, -0.25) is 0 Å². The number of benzene rings is 1. The zero-order valence-electron chi connectivity index (χ0n) is 14.4. The molecule has 6 nitrogen and oxygen atoms in total. The lowest BCUT2D eigenvalue weighted by Gasteiger charge is -2.11. The Hall–Kier alpha value is -2.93. The minimum Gasteiger partial charge on any atom is -0.490 e. The lowest BCUT2D eigenvalue weighted by molar-refractivity contribution is 0.0690. The number of hydrogen-bond donors (Lipinski definition) is 1. The third-order valence-corrected chi connectivity index (χ3v) is 4.59. The average Bonchev–Trinajstić information content (AvgIpc) is 3.14. The monoisotopic (exact) mass is 370 g/mol. The molecule has 2 heterocycles. The van der Waals surface area contributed by atoms with E-state index in [-0.39, 0.29) is 5.69 Å². The largest absolute Gasteiger partial charge is 0.490 e. The number of pyridine rings is 1. The number of nitrogens with zero attached hydrogens (tertiary/aromatic N) is 2. The molecule has 0 bridgehead atoms. The van der Waals surface area contributed by atoms with Crippen LogP contribution in [0.4, 0.5) is 0 Å². The van der Waals surface area contributed by atoms with Crippen molar-refractivity contribution >= 4 is 17.3 Å². The number of thiazole rings is 1. The summed E-state index contributed by atoms with van der Waals surface area (Å²) in [6, 6.07) is 10.6. The Kier molecular flexibility index (Phi) is 5.48. The van der Waals surface area contributed by atoms with Crippen LogP contribution in [-0.4, -0.2) is 34.3 Å². The quantitative estimate of drug-likeness (QED) is 0.665. The summed E-state index contributed by atoms with van der Waals surface area (Å²) in [6.07, 6.45) is 1.70. The van der Waals surface area contributed by atoms with E-state index in [1.165, 1.54) is 17.4 Å². The summed E-state index contributed by atoms with van der Waals surface area (Å²) in [6.45, 7) is 4.95. The van der Waals surface area contributed by atoms with Crippen LogP contribution in [0, 0.1) is 0 Å². The van der Waals surface area contributed by atoms with Gasteiger partial charge in [0.2, 0.25) is 0 Å². The number of aromatic nitrogens is 2. The molecule has 0 saturated heterocycles. The molecule has 0 aliphatic rings. The van der Waals surface area contributed by atoms with Gasteiger partial charge in [-0.1, -0.05) is 6.07 Å². The van der Waals surface area contributed by atoms with Crippen molar-refractivity contribution in [1.82, 2.24) is 9.97 Å². The van der Waals surface area contributed by atoms with Crippen molar-refractivity contribution in [3.63, 3.8) is 0 Å². The van der Waals surface area contributed by atoms with E-state index >= 15 is 0 Å². The highest BCUT2D eigenvalue weighted by molar-refractivity contribution is 7.18. The van der Waals surface area contributed by atoms with Crippen LogP contribution in [0.5, 0.6) is 11.5 Å². The molecule has 26 heavy (non-hydrogen) atoms. The second kappa shape index (κ2) is 7.97. The van der Waals surface area contributed by atoms with Crippen LogP contribution in [0.25, 0.3) is 21.1 Å². The summed E-state index contributed by atoms with van der Waals surface area (Å²) in [7, 11) is 0. The first-order valence-electron chi connectivity index (χ1n) is 8.19. The van der Waals surface area contributed by atoms with Gasteiger partial charge in [-0.25, -0.2) is 14.8 Å². The first kappa shape index (κ1) is 17.9. The van der Waals surface area contributed by atoms with Gasteiger partial charge >= 0.3 is 5.97 Å². The smallest absolute Gasteiger partial charge is 0.354 e. The summed E-state index contributed by atoms with van der Waals surface area (Å²) >= 11 is 1.44. The molecule has 0 radical (unpaired) electrons. The Bertz CT molecular complexity index is 923. The Balaban J connectivity index is 1.93. The molecule has 0 aliphatic heterocycles. The maximum absolute atomic E-state index is 11.1. The van der Waals surface area contributed by atoms with E-state index in [2.05, 4.69) is 9.97 Å². The Morgan fingerprint density at radius 3 is 2.62 bits per heavy atom. The van der Waals surface area contributed by atoms with E-state index < -0.39 is 5.97 Å². The van der Waals surface area contributed by atoms with Gasteiger partial charge in [0.15, 0.2) is 11.5 Å². The summed E-state index contributed by atoms with van der Waals surface area (Å²) in [5.74, 6) is 0.324. The molecule has 0 aliphatic carbocycles. The van der Waals surface area contributed by atoms with Crippen LogP contribution >= 0.6 is 11.3 Å². The summed E-state index contributed by atoms with van der Waals surface area (Å²) in [5, 5.41) is 9.89. The number of hydrogen-bond acceptors (Lipinski definition) is 6. The standard InChI is InChI=1S/C19H18N2O4S/c1-3-24-15-9-8-12(10-16(15)25-4-2)18-20-11-17(26-18)13-6-5-7-14(21-13)19(22)23/h5-11H,3-4H2,1-2H3,(H,22,23). The maximum Gasteiger partial charge on any atom is 0.354 e. The minimum atomic E-state index is -1.05. The van der Waals surface area contributed by atoms with Crippen molar-refractivity contribution in [2.45, 2.75) is 13.8 Å². The van der Waals surface area contributed by atoms with Crippen LogP contribution in [-0.2, 0) is 0 Å². The van der Waals surface area contributed by atoms with Crippen molar-refractivity contribution in [1.29, 1.82) is 0 Å². The van der Waals surface area contributed by atoms with Crippen LogP contribution in [0.1, 0.15) is 24.3 Å². The molecule has 3 aromatic rings. The lowest BCUT2D eigenvalue weighted by atomic mass is 10.2. The van der Waals surface area contributed by atoms with E-state index in [0.29, 0.717) is 30.4 Å². The molecule has 1 N–H and O–H groups in total. The summed E-state index contributed by atoms with van der Waals surface area (Å²) < 4.78 is 11.2. The fourth-order valence-corrected chi connectivity index (χ4v) is 3.28. The molecule has 7 heteroatoms. The molecular formula is C19H18N2O4S. The van der Waals surface area contributed by atoms with Crippen molar-refractivity contribution in [2.75, 3.05) is 13.2 Å². The van der Waals surface area contributed by atoms with Gasteiger partial charge in [0.1, 0.15) is 10.7 Å². The van der Waals surface area contributed by atoms with E-state index in [1.807, 2.05) is 32.0 Å². The SMILES string of the molecule is CCOc1ccc(-c2ncc(-c3cccc(C(=O)O)n3)s2)cc1OCC. The van der Waals surface area contributed by atoms with E-state index in [1.54, 1.807) is 18.3 Å². The fraction of sp³-hybridized carbons (Fsp3) is 0.211. The number of aromatic carboxylic acids is 1. The van der Waals surface area contributed by atoms with Gasteiger partial charge in [0.25, 0.3) is 0 Å². The van der Waals surface area contributed by atoms with Gasteiger partial charge in [-0.05, 0) is 44.2 Å². The molecule has 0 fully saturated rings. The Morgan fingerprint density at radius 2 is 1.88 bits per heavy atom. The van der Waals surface area contributed by atoms with Gasteiger partial charge in [0.05, 0.1) is 23.8 Å². The molecule has 134 valence electrons. The average molecular weight is 370 g/mol. The highest BCUT2D eigenvalue weighted by Crippen LogP contribution is 2.36. The van der Waals surface area contributed by atoms with Gasteiger partial charge in [0, 0.05) is 11.8 Å². The minimum absolute atomic E-state index is 0.0112. The number of rotatable bonds is 7. The molecule has 0 amide bonds. The fourth-order valence-electron chi connectivity index (χ4n) is 2.40. The van der Waals surface area contributed by atoms with Gasteiger partial charge in [-0.15, -0.1) is 11.3 Å². The van der Waals surface area contributed by atoms with Crippen molar-refractivity contribution < 1.29 is 19.4 Å². The molecule has 0 atom stereocenters. The normalized spacial score (nSPS) is 10.5. The van der Waals surface area contributed by atoms with Crippen LogP contribution in [0.15, 0.2) is 42.6 Å². The van der Waals surface area contributed by atoms with Gasteiger partial charge in [-0.2, -0.15) is 0 Å². The van der Waals surface area contributed by atoms with Crippen molar-refractivity contribution in [3.8, 4) is 32.6 Å². The van der Waals surface area contributed by atoms with Crippen LogP contribution in [0.3, 0.4) is 0 Å². The van der Waals surface area contributed by atoms with Crippen LogP contribution in [0.2, 0.25) is 0 Å². The number of carboxylic acid groups (broad SMARTS) is 1. The van der Waals surface area contributed by atoms with E-state index in [9.17, 15) is 4.79 Å². The summed E-state index contributed by atoms with van der Waals surface area (Å²) in [4.78, 5) is 20.5. The molecule has 0 saturated carbocycles. The maximum atomic E-state index is 11.1. The Labute approximate surface area is 155 Å². The first-order chi connectivity index (χ1) is 12.6. The van der Waals surface area contributed by atoms with E-state index in [4.69, 9.17) is 14.6 Å². The molecule has 0 spiro atoms. The predicted octanol–water partition coefficient (Wildman–Crippen LogP) is 4.37.